The maximum Gasteiger partial charge on any atom is 0.230 e. The number of aryl methyl sites for hydroxylation is 1. The number of carbonyl (C=O) groups excluding carboxylic acids is 1. The van der Waals surface area contributed by atoms with E-state index in [1.165, 1.54) is 11.3 Å². The minimum atomic E-state index is -0.0667. The lowest BCUT2D eigenvalue weighted by molar-refractivity contribution is -0.119. The Morgan fingerprint density at radius 2 is 2.24 bits per heavy atom. The van der Waals surface area contributed by atoms with Crippen LogP contribution in [0.15, 0.2) is 0 Å². The molecule has 1 atom stereocenters. The molecular weight excluding hydrogens is 236 g/mol. The lowest BCUT2D eigenvalue weighted by atomic mass is 10.2. The molecule has 0 aromatic carbocycles. The number of anilines is 1. The van der Waals surface area contributed by atoms with E-state index in [4.69, 9.17) is 0 Å². The molecule has 1 aromatic rings. The molecule has 2 N–H and O–H groups in total. The molecule has 0 aliphatic heterocycles. The van der Waals surface area contributed by atoms with Crippen LogP contribution in [0.25, 0.3) is 0 Å². The van der Waals surface area contributed by atoms with Crippen LogP contribution in [0.2, 0.25) is 0 Å². The largest absolute Gasteiger partial charge is 0.319 e. The third-order valence-electron chi connectivity index (χ3n) is 2.40. The number of amides is 1. The monoisotopic (exact) mass is 256 g/mol. The van der Waals surface area contributed by atoms with Crippen LogP contribution in [0.1, 0.15) is 31.7 Å². The molecule has 1 rings (SSSR count). The van der Waals surface area contributed by atoms with Gasteiger partial charge >= 0.3 is 0 Å². The molecule has 1 unspecified atom stereocenters. The lowest BCUT2D eigenvalue weighted by Crippen LogP contribution is -2.28. The van der Waals surface area contributed by atoms with Crippen LogP contribution >= 0.6 is 11.3 Å². The van der Waals surface area contributed by atoms with Crippen LogP contribution < -0.4 is 10.6 Å². The fourth-order valence-electron chi connectivity index (χ4n) is 1.36. The minimum absolute atomic E-state index is 0.0162. The number of carbonyl (C=O) groups is 1. The number of nitrogens with zero attached hydrogens (tertiary/aromatic N) is 2. The minimum Gasteiger partial charge on any atom is -0.319 e. The van der Waals surface area contributed by atoms with Gasteiger partial charge in [0.25, 0.3) is 0 Å². The summed E-state index contributed by atoms with van der Waals surface area (Å²) in [6.45, 7) is 4.68. The molecule has 0 radical (unpaired) electrons. The van der Waals surface area contributed by atoms with Gasteiger partial charge in [0.15, 0.2) is 0 Å². The van der Waals surface area contributed by atoms with Gasteiger partial charge in [-0.1, -0.05) is 31.6 Å². The van der Waals surface area contributed by atoms with Gasteiger partial charge in [0.1, 0.15) is 5.01 Å². The number of rotatable bonds is 7. The van der Waals surface area contributed by atoms with Gasteiger partial charge in [0.2, 0.25) is 11.0 Å². The second kappa shape index (κ2) is 7.34. The number of nitrogens with one attached hydrogen (secondary N) is 2. The Bertz CT molecular complexity index is 353. The van der Waals surface area contributed by atoms with Crippen molar-refractivity contribution in [2.45, 2.75) is 33.1 Å². The third-order valence-corrected chi connectivity index (χ3v) is 3.30. The van der Waals surface area contributed by atoms with Gasteiger partial charge in [-0.05, 0) is 13.5 Å². The van der Waals surface area contributed by atoms with Crippen LogP contribution in [0.3, 0.4) is 0 Å². The summed E-state index contributed by atoms with van der Waals surface area (Å²) in [5.74, 6) is -0.0828. The van der Waals surface area contributed by atoms with Gasteiger partial charge in [0, 0.05) is 18.9 Å². The SMILES string of the molecule is CCCCc1nnc(NC(=O)C(C)CNC)s1. The van der Waals surface area contributed by atoms with Crippen molar-refractivity contribution < 1.29 is 4.79 Å². The summed E-state index contributed by atoms with van der Waals surface area (Å²) in [5, 5.41) is 15.4. The van der Waals surface area contributed by atoms with Crippen molar-refractivity contribution in [3.63, 3.8) is 0 Å². The van der Waals surface area contributed by atoms with Crippen LogP contribution in [-0.4, -0.2) is 29.7 Å². The van der Waals surface area contributed by atoms with Gasteiger partial charge in [-0.25, -0.2) is 0 Å². The molecule has 5 nitrogen and oxygen atoms in total. The zero-order valence-electron chi connectivity index (χ0n) is 10.6. The molecule has 1 heterocycles. The summed E-state index contributed by atoms with van der Waals surface area (Å²) in [7, 11) is 1.83. The highest BCUT2D eigenvalue weighted by molar-refractivity contribution is 7.15. The van der Waals surface area contributed by atoms with Gasteiger partial charge in [-0.3, -0.25) is 4.79 Å². The normalized spacial score (nSPS) is 12.4. The number of hydrogen-bond acceptors (Lipinski definition) is 5. The summed E-state index contributed by atoms with van der Waals surface area (Å²) < 4.78 is 0. The molecule has 0 bridgehead atoms. The highest BCUT2D eigenvalue weighted by Gasteiger charge is 2.14. The Kier molecular flexibility index (Phi) is 6.07. The van der Waals surface area contributed by atoms with E-state index in [1.54, 1.807) is 0 Å². The lowest BCUT2D eigenvalue weighted by Gasteiger charge is -2.08. The van der Waals surface area contributed by atoms with E-state index in [0.717, 1.165) is 24.3 Å². The average Bonchev–Trinajstić information content (AvgIpc) is 2.74. The van der Waals surface area contributed by atoms with Crippen molar-refractivity contribution in [1.29, 1.82) is 0 Å². The molecule has 0 saturated carbocycles. The van der Waals surface area contributed by atoms with Crippen LogP contribution in [0.5, 0.6) is 0 Å². The zero-order chi connectivity index (χ0) is 12.7. The molecule has 0 fully saturated rings. The smallest absolute Gasteiger partial charge is 0.230 e. The van der Waals surface area contributed by atoms with Crippen molar-refractivity contribution in [3.05, 3.63) is 5.01 Å². The van der Waals surface area contributed by atoms with Crippen molar-refractivity contribution in [2.24, 2.45) is 5.92 Å². The van der Waals surface area contributed by atoms with E-state index in [0.29, 0.717) is 11.7 Å². The third kappa shape index (κ3) is 4.79. The van der Waals surface area contributed by atoms with Crippen LogP contribution in [0, 0.1) is 5.92 Å². The van der Waals surface area contributed by atoms with Gasteiger partial charge in [0.05, 0.1) is 0 Å². The second-order valence-electron chi connectivity index (χ2n) is 4.05. The maximum absolute atomic E-state index is 11.7. The summed E-state index contributed by atoms with van der Waals surface area (Å²) in [4.78, 5) is 11.7. The fraction of sp³-hybridized carbons (Fsp3) is 0.727. The number of unbranched alkanes of at least 4 members (excludes halogenated alkanes) is 1. The molecule has 17 heavy (non-hydrogen) atoms. The Morgan fingerprint density at radius 3 is 2.88 bits per heavy atom. The van der Waals surface area contributed by atoms with E-state index in [9.17, 15) is 4.79 Å². The summed E-state index contributed by atoms with van der Waals surface area (Å²) >= 11 is 1.46. The highest BCUT2D eigenvalue weighted by Crippen LogP contribution is 2.17. The Balaban J connectivity index is 2.45. The Hall–Kier alpha value is -1.01. The van der Waals surface area contributed by atoms with Gasteiger partial charge < -0.3 is 10.6 Å². The maximum atomic E-state index is 11.7. The van der Waals surface area contributed by atoms with Crippen molar-refractivity contribution in [2.75, 3.05) is 18.9 Å². The molecule has 0 spiro atoms. The van der Waals surface area contributed by atoms with Crippen LogP contribution in [0.4, 0.5) is 5.13 Å². The van der Waals surface area contributed by atoms with Crippen molar-refractivity contribution in [3.8, 4) is 0 Å². The van der Waals surface area contributed by atoms with Crippen LogP contribution in [-0.2, 0) is 11.2 Å². The molecule has 0 aliphatic carbocycles. The first-order chi connectivity index (χ1) is 8.17. The molecular formula is C11H20N4OS. The first kappa shape index (κ1) is 14.1. The summed E-state index contributed by atoms with van der Waals surface area (Å²) in [5.41, 5.74) is 0. The Labute approximate surface area is 106 Å². The fourth-order valence-corrected chi connectivity index (χ4v) is 2.15. The zero-order valence-corrected chi connectivity index (χ0v) is 11.4. The predicted octanol–water partition coefficient (Wildman–Crippen LogP) is 1.67. The van der Waals surface area contributed by atoms with Gasteiger partial charge in [-0.2, -0.15) is 0 Å². The van der Waals surface area contributed by atoms with E-state index < -0.39 is 0 Å². The number of aromatic nitrogens is 2. The second-order valence-corrected chi connectivity index (χ2v) is 5.11. The summed E-state index contributed by atoms with van der Waals surface area (Å²) in [6.07, 6.45) is 3.19. The Morgan fingerprint density at radius 1 is 1.47 bits per heavy atom. The van der Waals surface area contributed by atoms with E-state index >= 15 is 0 Å². The van der Waals surface area contributed by atoms with Crippen molar-refractivity contribution >= 4 is 22.4 Å². The predicted molar refractivity (Wildman–Crippen MR) is 70.2 cm³/mol. The summed E-state index contributed by atoms with van der Waals surface area (Å²) in [6, 6.07) is 0. The van der Waals surface area contributed by atoms with E-state index in [2.05, 4.69) is 27.8 Å². The molecule has 6 heteroatoms. The topological polar surface area (TPSA) is 66.9 Å². The molecule has 0 aliphatic rings. The molecule has 1 aromatic heterocycles. The molecule has 1 amide bonds. The number of hydrogen-bond donors (Lipinski definition) is 2. The first-order valence-electron chi connectivity index (χ1n) is 5.95. The standard InChI is InChI=1S/C11H20N4OS/c1-4-5-6-9-14-15-11(17-9)13-10(16)8(2)7-12-3/h8,12H,4-7H2,1-3H3,(H,13,15,16). The van der Waals surface area contributed by atoms with Crippen molar-refractivity contribution in [1.82, 2.24) is 15.5 Å². The molecule has 96 valence electrons. The molecule has 0 saturated heterocycles. The first-order valence-corrected chi connectivity index (χ1v) is 6.76. The average molecular weight is 256 g/mol. The highest BCUT2D eigenvalue weighted by atomic mass is 32.1. The van der Waals surface area contributed by atoms with Gasteiger partial charge in [-0.15, -0.1) is 10.2 Å². The van der Waals surface area contributed by atoms with E-state index in [-0.39, 0.29) is 11.8 Å². The van der Waals surface area contributed by atoms with E-state index in [1.807, 2.05) is 14.0 Å². The quantitative estimate of drug-likeness (QED) is 0.779.